The standard InChI is InChI=1S/C21H29NO/c1-3-4-5-11-16-23-21-15-10-9-14-20(21)17-22-18(2)19-12-7-6-8-13-19/h6-10,12-15,18,22H,3-5,11,16-17H2,1-2H3/t18-/m0/s1. The molecule has 0 aliphatic carbocycles. The van der Waals surface area contributed by atoms with Crippen LogP contribution in [0.2, 0.25) is 0 Å². The zero-order valence-corrected chi connectivity index (χ0v) is 14.4. The van der Waals surface area contributed by atoms with Gasteiger partial charge in [-0.2, -0.15) is 0 Å². The normalized spacial score (nSPS) is 12.1. The maximum atomic E-state index is 5.98. The number of benzene rings is 2. The number of nitrogens with one attached hydrogen (secondary N) is 1. The second-order valence-corrected chi connectivity index (χ2v) is 6.03. The molecule has 2 nitrogen and oxygen atoms in total. The topological polar surface area (TPSA) is 21.3 Å². The minimum Gasteiger partial charge on any atom is -0.493 e. The highest BCUT2D eigenvalue weighted by Gasteiger charge is 2.07. The van der Waals surface area contributed by atoms with E-state index in [0.29, 0.717) is 6.04 Å². The molecule has 0 aliphatic heterocycles. The maximum Gasteiger partial charge on any atom is 0.123 e. The van der Waals surface area contributed by atoms with Crippen molar-refractivity contribution in [3.05, 3.63) is 65.7 Å². The van der Waals surface area contributed by atoms with E-state index in [-0.39, 0.29) is 0 Å². The molecule has 0 amide bonds. The summed E-state index contributed by atoms with van der Waals surface area (Å²) in [5.74, 6) is 1.01. The zero-order chi connectivity index (χ0) is 16.3. The Morgan fingerprint density at radius 1 is 0.913 bits per heavy atom. The van der Waals surface area contributed by atoms with Gasteiger partial charge < -0.3 is 10.1 Å². The molecule has 2 heteroatoms. The molecule has 0 aromatic heterocycles. The minimum absolute atomic E-state index is 0.328. The van der Waals surface area contributed by atoms with Gasteiger partial charge in [-0.15, -0.1) is 0 Å². The highest BCUT2D eigenvalue weighted by Crippen LogP contribution is 2.20. The van der Waals surface area contributed by atoms with Crippen LogP contribution in [0.3, 0.4) is 0 Å². The first-order chi connectivity index (χ1) is 11.3. The molecule has 23 heavy (non-hydrogen) atoms. The summed E-state index contributed by atoms with van der Waals surface area (Å²) in [5.41, 5.74) is 2.54. The predicted octanol–water partition coefficient (Wildman–Crippen LogP) is 5.50. The summed E-state index contributed by atoms with van der Waals surface area (Å²) >= 11 is 0. The van der Waals surface area contributed by atoms with Crippen molar-refractivity contribution in [2.24, 2.45) is 0 Å². The maximum absolute atomic E-state index is 5.98. The Hall–Kier alpha value is -1.80. The number of hydrogen-bond acceptors (Lipinski definition) is 2. The van der Waals surface area contributed by atoms with Crippen molar-refractivity contribution >= 4 is 0 Å². The molecule has 0 bridgehead atoms. The van der Waals surface area contributed by atoms with Crippen LogP contribution in [0, 0.1) is 0 Å². The Labute approximate surface area is 140 Å². The number of rotatable bonds is 10. The molecule has 1 N–H and O–H groups in total. The van der Waals surface area contributed by atoms with Gasteiger partial charge >= 0.3 is 0 Å². The lowest BCUT2D eigenvalue weighted by Gasteiger charge is -2.16. The third-order valence-corrected chi connectivity index (χ3v) is 4.13. The van der Waals surface area contributed by atoms with Crippen molar-refractivity contribution in [2.45, 2.75) is 52.1 Å². The van der Waals surface area contributed by atoms with Gasteiger partial charge in [-0.25, -0.2) is 0 Å². The van der Waals surface area contributed by atoms with Crippen LogP contribution in [0.25, 0.3) is 0 Å². The Bertz CT molecular complexity index is 553. The second-order valence-electron chi connectivity index (χ2n) is 6.03. The Morgan fingerprint density at radius 3 is 2.43 bits per heavy atom. The molecule has 2 aromatic rings. The van der Waals surface area contributed by atoms with Crippen LogP contribution in [-0.4, -0.2) is 6.61 Å². The van der Waals surface area contributed by atoms with Gasteiger partial charge in [0.1, 0.15) is 5.75 Å². The van der Waals surface area contributed by atoms with E-state index < -0.39 is 0 Å². The molecular formula is C21H29NO. The predicted molar refractivity (Wildman–Crippen MR) is 97.8 cm³/mol. The summed E-state index contributed by atoms with van der Waals surface area (Å²) in [6.07, 6.45) is 4.94. The highest BCUT2D eigenvalue weighted by atomic mass is 16.5. The summed E-state index contributed by atoms with van der Waals surface area (Å²) in [6, 6.07) is 19.2. The summed E-state index contributed by atoms with van der Waals surface area (Å²) in [5, 5.41) is 3.59. The third kappa shape index (κ3) is 6.07. The first kappa shape index (κ1) is 17.6. The number of ether oxygens (including phenoxy) is 1. The van der Waals surface area contributed by atoms with E-state index in [1.165, 1.54) is 30.4 Å². The van der Waals surface area contributed by atoms with Crippen LogP contribution >= 0.6 is 0 Å². The van der Waals surface area contributed by atoms with Crippen molar-refractivity contribution in [3.63, 3.8) is 0 Å². The Balaban J connectivity index is 1.85. The molecule has 0 aliphatic rings. The van der Waals surface area contributed by atoms with Gasteiger partial charge in [0.15, 0.2) is 0 Å². The molecular weight excluding hydrogens is 282 g/mol. The van der Waals surface area contributed by atoms with Crippen LogP contribution in [0.5, 0.6) is 5.75 Å². The van der Waals surface area contributed by atoms with Gasteiger partial charge in [0, 0.05) is 18.2 Å². The SMILES string of the molecule is CCCCCCOc1ccccc1CN[C@@H](C)c1ccccc1. The Morgan fingerprint density at radius 2 is 1.65 bits per heavy atom. The van der Waals surface area contributed by atoms with Gasteiger partial charge in [-0.3, -0.25) is 0 Å². The van der Waals surface area contributed by atoms with E-state index in [9.17, 15) is 0 Å². The molecule has 2 aromatic carbocycles. The van der Waals surface area contributed by atoms with E-state index >= 15 is 0 Å². The molecule has 0 unspecified atom stereocenters. The van der Waals surface area contributed by atoms with Gasteiger partial charge in [0.05, 0.1) is 6.61 Å². The molecule has 0 saturated heterocycles. The van der Waals surface area contributed by atoms with E-state index in [1.54, 1.807) is 0 Å². The second kappa shape index (κ2) is 10.1. The average molecular weight is 311 g/mol. The minimum atomic E-state index is 0.328. The first-order valence-electron chi connectivity index (χ1n) is 8.80. The lowest BCUT2D eigenvalue weighted by Crippen LogP contribution is -2.18. The number of para-hydroxylation sites is 1. The zero-order valence-electron chi connectivity index (χ0n) is 14.4. The molecule has 0 radical (unpaired) electrons. The average Bonchev–Trinajstić information content (AvgIpc) is 2.61. The van der Waals surface area contributed by atoms with E-state index in [2.05, 4.69) is 67.7 Å². The molecule has 0 saturated carbocycles. The smallest absolute Gasteiger partial charge is 0.123 e. The van der Waals surface area contributed by atoms with Gasteiger partial charge in [0.2, 0.25) is 0 Å². The van der Waals surface area contributed by atoms with Crippen LogP contribution in [0.1, 0.15) is 56.7 Å². The van der Waals surface area contributed by atoms with E-state index in [0.717, 1.165) is 25.3 Å². The molecule has 0 fully saturated rings. The fourth-order valence-corrected chi connectivity index (χ4v) is 2.62. The fraction of sp³-hybridized carbons (Fsp3) is 0.429. The monoisotopic (exact) mass is 311 g/mol. The van der Waals surface area contributed by atoms with Crippen molar-refractivity contribution in [2.75, 3.05) is 6.61 Å². The van der Waals surface area contributed by atoms with Crippen molar-refractivity contribution in [3.8, 4) is 5.75 Å². The Kier molecular flexibility index (Phi) is 7.68. The molecule has 0 heterocycles. The lowest BCUT2D eigenvalue weighted by atomic mass is 10.1. The fourth-order valence-electron chi connectivity index (χ4n) is 2.62. The number of hydrogen-bond donors (Lipinski definition) is 1. The molecule has 2 rings (SSSR count). The van der Waals surface area contributed by atoms with Gasteiger partial charge in [-0.05, 0) is 25.0 Å². The van der Waals surface area contributed by atoms with E-state index in [1.807, 2.05) is 6.07 Å². The lowest BCUT2D eigenvalue weighted by molar-refractivity contribution is 0.301. The quantitative estimate of drug-likeness (QED) is 0.585. The summed E-state index contributed by atoms with van der Waals surface area (Å²) < 4.78 is 5.98. The van der Waals surface area contributed by atoms with Crippen molar-refractivity contribution < 1.29 is 4.74 Å². The van der Waals surface area contributed by atoms with Crippen LogP contribution < -0.4 is 10.1 Å². The summed E-state index contributed by atoms with van der Waals surface area (Å²) in [4.78, 5) is 0. The van der Waals surface area contributed by atoms with Crippen LogP contribution in [0.15, 0.2) is 54.6 Å². The summed E-state index contributed by atoms with van der Waals surface area (Å²) in [7, 11) is 0. The molecule has 0 spiro atoms. The summed E-state index contributed by atoms with van der Waals surface area (Å²) in [6.45, 7) is 6.06. The van der Waals surface area contributed by atoms with Crippen LogP contribution in [0.4, 0.5) is 0 Å². The van der Waals surface area contributed by atoms with E-state index in [4.69, 9.17) is 4.74 Å². The molecule has 124 valence electrons. The van der Waals surface area contributed by atoms with Crippen molar-refractivity contribution in [1.29, 1.82) is 0 Å². The van der Waals surface area contributed by atoms with Crippen LogP contribution in [-0.2, 0) is 6.54 Å². The largest absolute Gasteiger partial charge is 0.493 e. The number of unbranched alkanes of at least 4 members (excludes halogenated alkanes) is 3. The highest BCUT2D eigenvalue weighted by molar-refractivity contribution is 5.33. The molecule has 1 atom stereocenters. The van der Waals surface area contributed by atoms with Crippen molar-refractivity contribution in [1.82, 2.24) is 5.32 Å². The third-order valence-electron chi connectivity index (χ3n) is 4.13. The van der Waals surface area contributed by atoms with Gasteiger partial charge in [-0.1, -0.05) is 74.7 Å². The van der Waals surface area contributed by atoms with Gasteiger partial charge in [0.25, 0.3) is 0 Å². The first-order valence-corrected chi connectivity index (χ1v) is 8.80.